The van der Waals surface area contributed by atoms with Crippen LogP contribution in [0.25, 0.3) is 0 Å². The molecule has 0 bridgehead atoms. The Balaban J connectivity index is 3.80. The van der Waals surface area contributed by atoms with E-state index in [9.17, 15) is 25.2 Å². The molecule has 0 spiro atoms. The van der Waals surface area contributed by atoms with E-state index in [2.05, 4.69) is 79.9 Å². The van der Waals surface area contributed by atoms with Crippen molar-refractivity contribution in [1.29, 1.82) is 0 Å². The molecule has 0 aromatic carbocycles. The number of amides is 1. The van der Waals surface area contributed by atoms with E-state index in [1.54, 1.807) is 0 Å². The van der Waals surface area contributed by atoms with Crippen LogP contribution >= 0.6 is 0 Å². The van der Waals surface area contributed by atoms with Gasteiger partial charge in [0.25, 0.3) is 0 Å². The summed E-state index contributed by atoms with van der Waals surface area (Å²) in [7, 11) is 0. The minimum atomic E-state index is -1.30. The Kier molecular flexibility index (Phi) is 42.6. The molecule has 326 valence electrons. The number of hydrogen-bond acceptors (Lipinski definition) is 5. The lowest BCUT2D eigenvalue weighted by atomic mass is 10.00. The monoisotopic (exact) mass is 786 g/mol. The quantitative estimate of drug-likeness (QED) is 0.0240. The summed E-state index contributed by atoms with van der Waals surface area (Å²) in [6, 6.07) is -1.02. The van der Waals surface area contributed by atoms with Crippen molar-refractivity contribution in [3.8, 4) is 0 Å². The highest BCUT2D eigenvalue weighted by Crippen LogP contribution is 2.15. The van der Waals surface area contributed by atoms with Gasteiger partial charge in [0, 0.05) is 0 Å². The number of rotatable bonds is 42. The smallest absolute Gasteiger partial charge is 0.249 e. The molecule has 4 atom stereocenters. The van der Waals surface area contributed by atoms with Gasteiger partial charge in [-0.1, -0.05) is 190 Å². The van der Waals surface area contributed by atoms with Gasteiger partial charge in [0.1, 0.15) is 12.2 Å². The Hall–Kier alpha value is -1.99. The molecule has 1 amide bonds. The molecule has 6 heteroatoms. The molecule has 4 unspecified atom stereocenters. The summed E-state index contributed by atoms with van der Waals surface area (Å²) in [5.41, 5.74) is 0. The third-order valence-corrected chi connectivity index (χ3v) is 10.7. The number of carbonyl (C=O) groups excluding carboxylic acids is 1. The standard InChI is InChI=1S/C50H91NO5/c1-3-5-7-9-11-13-15-17-19-20-21-22-23-24-25-26-27-28-29-30-32-33-35-37-39-41-43-47(53)49(55)46(45-52)51-50(56)48(54)44-42-40-38-36-34-31-18-16-14-12-10-8-6-4-2/h12,14,16,18,25-26,29-30,35,37,46-49,52-55H,3-11,13,15,17,19-24,27-28,31-34,36,38-45H2,1-2H3,(H,51,56)/b14-12-,18-16-,26-25+,30-29+,37-35+. The maximum Gasteiger partial charge on any atom is 0.249 e. The van der Waals surface area contributed by atoms with Crippen molar-refractivity contribution in [3.63, 3.8) is 0 Å². The summed E-state index contributed by atoms with van der Waals surface area (Å²) in [6.07, 6.45) is 55.5. The van der Waals surface area contributed by atoms with Gasteiger partial charge in [0.05, 0.1) is 18.8 Å². The molecule has 0 heterocycles. The first-order valence-electron chi connectivity index (χ1n) is 23.7. The maximum atomic E-state index is 12.5. The Labute approximate surface area is 346 Å². The van der Waals surface area contributed by atoms with Crippen LogP contribution in [-0.2, 0) is 4.79 Å². The lowest BCUT2D eigenvalue weighted by Crippen LogP contribution is -2.53. The third-order valence-electron chi connectivity index (χ3n) is 10.7. The molecule has 0 fully saturated rings. The minimum Gasteiger partial charge on any atom is -0.394 e. The molecule has 0 aliphatic rings. The second-order valence-corrected chi connectivity index (χ2v) is 16.1. The Morgan fingerprint density at radius 2 is 0.804 bits per heavy atom. The zero-order valence-electron chi connectivity index (χ0n) is 36.6. The minimum absolute atomic E-state index is 0.338. The van der Waals surface area contributed by atoms with Crippen LogP contribution in [0.4, 0.5) is 0 Å². The van der Waals surface area contributed by atoms with Gasteiger partial charge >= 0.3 is 0 Å². The molecule has 0 saturated heterocycles. The van der Waals surface area contributed by atoms with Gasteiger partial charge in [-0.25, -0.2) is 0 Å². The van der Waals surface area contributed by atoms with E-state index in [1.165, 1.54) is 109 Å². The first kappa shape index (κ1) is 54.0. The number of aliphatic hydroxyl groups excluding tert-OH is 4. The van der Waals surface area contributed by atoms with Crippen molar-refractivity contribution in [2.45, 2.75) is 244 Å². The second-order valence-electron chi connectivity index (χ2n) is 16.1. The molecular formula is C50H91NO5. The van der Waals surface area contributed by atoms with Gasteiger partial charge in [-0.15, -0.1) is 0 Å². The third kappa shape index (κ3) is 37.6. The number of carbonyl (C=O) groups is 1. The van der Waals surface area contributed by atoms with Crippen LogP contribution in [0.5, 0.6) is 0 Å². The number of nitrogens with one attached hydrogen (secondary N) is 1. The van der Waals surface area contributed by atoms with Gasteiger partial charge in [0.2, 0.25) is 5.91 Å². The summed E-state index contributed by atoms with van der Waals surface area (Å²) in [4.78, 5) is 12.5. The van der Waals surface area contributed by atoms with Crippen molar-refractivity contribution in [2.24, 2.45) is 0 Å². The topological polar surface area (TPSA) is 110 Å². The number of unbranched alkanes of at least 4 members (excludes halogenated alkanes) is 24. The van der Waals surface area contributed by atoms with E-state index in [1.807, 2.05) is 0 Å². The highest BCUT2D eigenvalue weighted by atomic mass is 16.3. The van der Waals surface area contributed by atoms with E-state index < -0.39 is 36.9 Å². The fourth-order valence-corrected chi connectivity index (χ4v) is 6.90. The Morgan fingerprint density at radius 1 is 0.446 bits per heavy atom. The van der Waals surface area contributed by atoms with Gasteiger partial charge < -0.3 is 25.7 Å². The van der Waals surface area contributed by atoms with Crippen LogP contribution in [0.1, 0.15) is 219 Å². The van der Waals surface area contributed by atoms with E-state index >= 15 is 0 Å². The molecule has 0 aromatic rings. The second kappa shape index (κ2) is 44.1. The van der Waals surface area contributed by atoms with Crippen LogP contribution in [0.15, 0.2) is 60.8 Å². The zero-order valence-corrected chi connectivity index (χ0v) is 36.6. The van der Waals surface area contributed by atoms with E-state index in [0.29, 0.717) is 19.3 Å². The van der Waals surface area contributed by atoms with Gasteiger partial charge in [0.15, 0.2) is 0 Å². The predicted molar refractivity (Wildman–Crippen MR) is 242 cm³/mol. The fourth-order valence-electron chi connectivity index (χ4n) is 6.90. The van der Waals surface area contributed by atoms with Crippen molar-refractivity contribution in [2.75, 3.05) is 6.61 Å². The van der Waals surface area contributed by atoms with E-state index in [0.717, 1.165) is 77.0 Å². The lowest BCUT2D eigenvalue weighted by molar-refractivity contribution is -0.132. The normalized spacial score (nSPS) is 14.6. The summed E-state index contributed by atoms with van der Waals surface area (Å²) >= 11 is 0. The van der Waals surface area contributed by atoms with Gasteiger partial charge in [-0.2, -0.15) is 0 Å². The molecule has 0 aliphatic carbocycles. The van der Waals surface area contributed by atoms with Crippen molar-refractivity contribution in [3.05, 3.63) is 60.8 Å². The summed E-state index contributed by atoms with van der Waals surface area (Å²) in [5.74, 6) is -0.614. The van der Waals surface area contributed by atoms with Crippen molar-refractivity contribution < 1.29 is 25.2 Å². The summed E-state index contributed by atoms with van der Waals surface area (Å²) in [5, 5.41) is 43.7. The first-order chi connectivity index (χ1) is 27.5. The van der Waals surface area contributed by atoms with Gasteiger partial charge in [-0.05, 0) is 89.9 Å². The molecule has 0 radical (unpaired) electrons. The Bertz CT molecular complexity index is 972. The summed E-state index contributed by atoms with van der Waals surface area (Å²) < 4.78 is 0. The van der Waals surface area contributed by atoms with Crippen LogP contribution in [0.3, 0.4) is 0 Å². The molecule has 0 saturated carbocycles. The average Bonchev–Trinajstić information content (AvgIpc) is 3.20. The molecule has 5 N–H and O–H groups in total. The van der Waals surface area contributed by atoms with Crippen molar-refractivity contribution >= 4 is 5.91 Å². The van der Waals surface area contributed by atoms with Crippen LogP contribution < -0.4 is 5.32 Å². The molecule has 0 aromatic heterocycles. The highest BCUT2D eigenvalue weighted by molar-refractivity contribution is 5.80. The molecular weight excluding hydrogens is 695 g/mol. The zero-order chi connectivity index (χ0) is 41.0. The van der Waals surface area contributed by atoms with Crippen molar-refractivity contribution in [1.82, 2.24) is 5.32 Å². The number of allylic oxidation sites excluding steroid dienone is 10. The number of hydrogen-bond donors (Lipinski definition) is 5. The molecule has 56 heavy (non-hydrogen) atoms. The summed E-state index contributed by atoms with van der Waals surface area (Å²) in [6.45, 7) is 3.99. The highest BCUT2D eigenvalue weighted by Gasteiger charge is 2.28. The molecule has 6 nitrogen and oxygen atoms in total. The van der Waals surface area contributed by atoms with Gasteiger partial charge in [-0.3, -0.25) is 4.79 Å². The maximum absolute atomic E-state index is 12.5. The van der Waals surface area contributed by atoms with Crippen LogP contribution in [0, 0.1) is 0 Å². The van der Waals surface area contributed by atoms with E-state index in [4.69, 9.17) is 0 Å². The first-order valence-corrected chi connectivity index (χ1v) is 23.7. The van der Waals surface area contributed by atoms with Crippen LogP contribution in [0.2, 0.25) is 0 Å². The molecule has 0 aliphatic heterocycles. The lowest BCUT2D eigenvalue weighted by Gasteiger charge is -2.27. The van der Waals surface area contributed by atoms with Crippen LogP contribution in [-0.4, -0.2) is 57.3 Å². The van der Waals surface area contributed by atoms with E-state index in [-0.39, 0.29) is 0 Å². The predicted octanol–water partition coefficient (Wildman–Crippen LogP) is 12.9. The Morgan fingerprint density at radius 3 is 1.27 bits per heavy atom. The fraction of sp³-hybridized carbons (Fsp3) is 0.780. The molecule has 0 rings (SSSR count). The number of aliphatic hydroxyl groups is 4. The SMILES string of the molecule is CCCCC/C=C\C=C/CCCCCCCC(O)C(=O)NC(CO)C(O)C(O)CCC/C=C/CC/C=C/CC/C=C/CCCCCCCCCCCCCCC. The largest absolute Gasteiger partial charge is 0.394 e. The average molecular weight is 786 g/mol.